The molecule has 4 nitrogen and oxygen atoms in total. The van der Waals surface area contributed by atoms with Crippen molar-refractivity contribution in [2.24, 2.45) is 0 Å². The number of benzene rings is 1. The van der Waals surface area contributed by atoms with Crippen LogP contribution in [0.4, 0.5) is 4.39 Å². The fraction of sp³-hybridized carbons (Fsp3) is 0.200. The SMILES string of the molecule is COC(=O)c1cc(Cc2ccccc2F)c(=O)[nH]c1C. The number of esters is 1. The normalized spacial score (nSPS) is 10.3. The number of halogens is 1. The van der Waals surface area contributed by atoms with Gasteiger partial charge in [-0.3, -0.25) is 4.79 Å². The molecule has 0 radical (unpaired) electrons. The highest BCUT2D eigenvalue weighted by Gasteiger charge is 2.14. The van der Waals surface area contributed by atoms with Crippen LogP contribution >= 0.6 is 0 Å². The van der Waals surface area contributed by atoms with E-state index in [-0.39, 0.29) is 23.4 Å². The first-order valence-electron chi connectivity index (χ1n) is 6.07. The van der Waals surface area contributed by atoms with Gasteiger partial charge >= 0.3 is 5.97 Å². The Balaban J connectivity index is 2.45. The zero-order valence-corrected chi connectivity index (χ0v) is 11.2. The van der Waals surface area contributed by atoms with Gasteiger partial charge in [0.05, 0.1) is 12.7 Å². The Bertz CT molecular complexity index is 707. The molecule has 0 atom stereocenters. The smallest absolute Gasteiger partial charge is 0.339 e. The minimum absolute atomic E-state index is 0.117. The average molecular weight is 275 g/mol. The molecule has 0 aliphatic heterocycles. The molecule has 2 aromatic rings. The second kappa shape index (κ2) is 5.69. The van der Waals surface area contributed by atoms with Crippen LogP contribution in [-0.4, -0.2) is 18.1 Å². The molecule has 1 aromatic carbocycles. The number of methoxy groups -OCH3 is 1. The van der Waals surface area contributed by atoms with Crippen LogP contribution in [0.15, 0.2) is 35.1 Å². The molecule has 5 heteroatoms. The highest BCUT2D eigenvalue weighted by molar-refractivity contribution is 5.90. The van der Waals surface area contributed by atoms with Crippen molar-refractivity contribution in [2.45, 2.75) is 13.3 Å². The number of hydrogen-bond donors (Lipinski definition) is 1. The topological polar surface area (TPSA) is 59.2 Å². The maximum Gasteiger partial charge on any atom is 0.339 e. The number of aromatic amines is 1. The first kappa shape index (κ1) is 14.0. The summed E-state index contributed by atoms with van der Waals surface area (Å²) in [6, 6.07) is 7.66. The zero-order chi connectivity index (χ0) is 14.7. The van der Waals surface area contributed by atoms with Gasteiger partial charge in [-0.2, -0.15) is 0 Å². The van der Waals surface area contributed by atoms with Crippen LogP contribution in [0.2, 0.25) is 0 Å². The third kappa shape index (κ3) is 2.77. The average Bonchev–Trinajstić information content (AvgIpc) is 2.43. The molecule has 0 saturated heterocycles. The molecule has 20 heavy (non-hydrogen) atoms. The summed E-state index contributed by atoms with van der Waals surface area (Å²) >= 11 is 0. The van der Waals surface area contributed by atoms with Gasteiger partial charge in [0, 0.05) is 17.7 Å². The quantitative estimate of drug-likeness (QED) is 0.874. The fourth-order valence-corrected chi connectivity index (χ4v) is 1.97. The number of aromatic nitrogens is 1. The molecule has 0 spiro atoms. The molecule has 104 valence electrons. The summed E-state index contributed by atoms with van der Waals surface area (Å²) in [5.41, 5.74) is 1.09. The minimum Gasteiger partial charge on any atom is -0.465 e. The van der Waals surface area contributed by atoms with E-state index in [1.807, 2.05) is 0 Å². The predicted octanol–water partition coefficient (Wildman–Crippen LogP) is 2.20. The number of aryl methyl sites for hydroxylation is 1. The van der Waals surface area contributed by atoms with Gasteiger partial charge in [0.2, 0.25) is 0 Å². The molecular weight excluding hydrogens is 261 g/mol. The van der Waals surface area contributed by atoms with E-state index in [2.05, 4.69) is 9.72 Å². The van der Waals surface area contributed by atoms with E-state index >= 15 is 0 Å². The van der Waals surface area contributed by atoms with Crippen LogP contribution in [0, 0.1) is 12.7 Å². The van der Waals surface area contributed by atoms with Crippen molar-refractivity contribution in [3.63, 3.8) is 0 Å². The van der Waals surface area contributed by atoms with Crippen molar-refractivity contribution in [3.05, 3.63) is 68.9 Å². The van der Waals surface area contributed by atoms with Gasteiger partial charge in [0.25, 0.3) is 5.56 Å². The maximum atomic E-state index is 13.6. The standard InChI is InChI=1S/C15H14FNO3/c1-9-12(15(19)20-2)8-11(14(18)17-9)7-10-5-3-4-6-13(10)16/h3-6,8H,7H2,1-2H3,(H,17,18). The highest BCUT2D eigenvalue weighted by Crippen LogP contribution is 2.13. The molecule has 1 aromatic heterocycles. The molecule has 0 aliphatic carbocycles. The lowest BCUT2D eigenvalue weighted by Gasteiger charge is -2.07. The lowest BCUT2D eigenvalue weighted by Crippen LogP contribution is -2.18. The van der Waals surface area contributed by atoms with Gasteiger partial charge < -0.3 is 9.72 Å². The maximum absolute atomic E-state index is 13.6. The number of nitrogens with one attached hydrogen (secondary N) is 1. The summed E-state index contributed by atoms with van der Waals surface area (Å²) in [5, 5.41) is 0. The van der Waals surface area contributed by atoms with E-state index in [4.69, 9.17) is 0 Å². The van der Waals surface area contributed by atoms with E-state index in [1.165, 1.54) is 19.2 Å². The Kier molecular flexibility index (Phi) is 3.98. The third-order valence-electron chi connectivity index (χ3n) is 3.06. The molecule has 1 N–H and O–H groups in total. The van der Waals surface area contributed by atoms with Crippen LogP contribution in [0.3, 0.4) is 0 Å². The monoisotopic (exact) mass is 275 g/mol. The van der Waals surface area contributed by atoms with E-state index in [0.29, 0.717) is 16.8 Å². The summed E-state index contributed by atoms with van der Waals surface area (Å²) in [6.45, 7) is 1.61. The first-order chi connectivity index (χ1) is 9.52. The van der Waals surface area contributed by atoms with Gasteiger partial charge in [-0.1, -0.05) is 18.2 Å². The Morgan fingerprint density at radius 3 is 2.65 bits per heavy atom. The largest absolute Gasteiger partial charge is 0.465 e. The van der Waals surface area contributed by atoms with Gasteiger partial charge in [-0.15, -0.1) is 0 Å². The minimum atomic E-state index is -0.534. The molecule has 0 unspecified atom stereocenters. The van der Waals surface area contributed by atoms with Crippen molar-refractivity contribution >= 4 is 5.97 Å². The van der Waals surface area contributed by atoms with Crippen molar-refractivity contribution < 1.29 is 13.9 Å². The number of H-pyrrole nitrogens is 1. The van der Waals surface area contributed by atoms with E-state index < -0.39 is 5.97 Å². The third-order valence-corrected chi connectivity index (χ3v) is 3.06. The lowest BCUT2D eigenvalue weighted by molar-refractivity contribution is 0.0599. The Morgan fingerprint density at radius 1 is 1.30 bits per heavy atom. The highest BCUT2D eigenvalue weighted by atomic mass is 19.1. The number of hydrogen-bond acceptors (Lipinski definition) is 3. The summed E-state index contributed by atoms with van der Waals surface area (Å²) in [4.78, 5) is 26.1. The molecule has 0 aliphatic rings. The molecular formula is C15H14FNO3. The number of ether oxygens (including phenoxy) is 1. The lowest BCUT2D eigenvalue weighted by atomic mass is 10.0. The summed E-state index contributed by atoms with van der Waals surface area (Å²) in [7, 11) is 1.27. The molecule has 2 rings (SSSR count). The van der Waals surface area contributed by atoms with Gasteiger partial charge in [-0.25, -0.2) is 9.18 Å². The molecule has 0 fully saturated rings. The Labute approximate surface area is 115 Å². The second-order valence-electron chi connectivity index (χ2n) is 4.42. The zero-order valence-electron chi connectivity index (χ0n) is 11.2. The van der Waals surface area contributed by atoms with Crippen LogP contribution in [-0.2, 0) is 11.2 Å². The van der Waals surface area contributed by atoms with E-state index in [0.717, 1.165) is 0 Å². The van der Waals surface area contributed by atoms with E-state index in [1.54, 1.807) is 25.1 Å². The number of carbonyl (C=O) groups excluding carboxylic acids is 1. The van der Waals surface area contributed by atoms with Crippen molar-refractivity contribution in [1.29, 1.82) is 0 Å². The molecule has 1 heterocycles. The van der Waals surface area contributed by atoms with Crippen molar-refractivity contribution in [1.82, 2.24) is 4.98 Å². The van der Waals surface area contributed by atoms with Gasteiger partial charge in [0.15, 0.2) is 0 Å². The summed E-state index contributed by atoms with van der Waals surface area (Å²) < 4.78 is 18.3. The van der Waals surface area contributed by atoms with Crippen LogP contribution in [0.25, 0.3) is 0 Å². The Morgan fingerprint density at radius 2 is 2.00 bits per heavy atom. The molecule has 0 saturated carbocycles. The van der Waals surface area contributed by atoms with Crippen molar-refractivity contribution in [3.8, 4) is 0 Å². The van der Waals surface area contributed by atoms with Crippen LogP contribution in [0.1, 0.15) is 27.2 Å². The first-order valence-corrected chi connectivity index (χ1v) is 6.07. The van der Waals surface area contributed by atoms with Gasteiger partial charge in [-0.05, 0) is 24.6 Å². The number of rotatable bonds is 3. The van der Waals surface area contributed by atoms with Crippen LogP contribution < -0.4 is 5.56 Å². The number of pyridine rings is 1. The number of carbonyl (C=O) groups is 1. The summed E-state index contributed by atoms with van der Waals surface area (Å²) in [6.07, 6.45) is 0.117. The van der Waals surface area contributed by atoms with Gasteiger partial charge in [0.1, 0.15) is 5.82 Å². The molecule has 0 amide bonds. The summed E-state index contributed by atoms with van der Waals surface area (Å²) in [5.74, 6) is -0.916. The second-order valence-corrected chi connectivity index (χ2v) is 4.42. The molecule has 0 bridgehead atoms. The van der Waals surface area contributed by atoms with E-state index in [9.17, 15) is 14.0 Å². The fourth-order valence-electron chi connectivity index (χ4n) is 1.97. The van der Waals surface area contributed by atoms with Crippen molar-refractivity contribution in [2.75, 3.05) is 7.11 Å². The predicted molar refractivity (Wildman–Crippen MR) is 72.3 cm³/mol. The van der Waals surface area contributed by atoms with Crippen LogP contribution in [0.5, 0.6) is 0 Å². The Hall–Kier alpha value is -2.43.